The first-order valence-corrected chi connectivity index (χ1v) is 11.7. The van der Waals surface area contributed by atoms with Crippen LogP contribution < -0.4 is 0 Å². The molecule has 0 aliphatic carbocycles. The first kappa shape index (κ1) is 26.8. The lowest BCUT2D eigenvalue weighted by atomic mass is 10.1. The van der Waals surface area contributed by atoms with Crippen LogP contribution in [0.1, 0.15) is 84.0 Å². The molecule has 1 fully saturated rings. The Hall–Kier alpha value is -1.21. The molecule has 6 heteroatoms. The molecule has 0 aromatic carbocycles. The van der Waals surface area contributed by atoms with E-state index in [0.29, 0.717) is 0 Å². The van der Waals surface area contributed by atoms with Gasteiger partial charge in [-0.25, -0.2) is 0 Å². The van der Waals surface area contributed by atoms with Crippen LogP contribution in [0.4, 0.5) is 0 Å². The van der Waals surface area contributed by atoms with Crippen molar-refractivity contribution in [3.63, 3.8) is 0 Å². The van der Waals surface area contributed by atoms with Crippen molar-refractivity contribution in [3.05, 3.63) is 24.3 Å². The second-order valence-corrected chi connectivity index (χ2v) is 8.05. The maximum atomic E-state index is 11.9. The van der Waals surface area contributed by atoms with Gasteiger partial charge in [0.1, 0.15) is 18.3 Å². The summed E-state index contributed by atoms with van der Waals surface area (Å²) >= 11 is 0. The smallest absolute Gasteiger partial charge is 0.306 e. The summed E-state index contributed by atoms with van der Waals surface area (Å²) in [4.78, 5) is 11.9. The number of ether oxygens (including phenoxy) is 2. The second-order valence-electron chi connectivity index (χ2n) is 8.05. The lowest BCUT2D eigenvalue weighted by Gasteiger charge is -2.24. The van der Waals surface area contributed by atoms with E-state index in [0.717, 1.165) is 44.9 Å². The Morgan fingerprint density at radius 1 is 1.00 bits per heavy atom. The van der Waals surface area contributed by atoms with E-state index in [1.807, 2.05) is 0 Å². The SMILES string of the molecule is CCCCC/C=C\C/C=C\CCCCCCCC(=O)O[C@H](CO)C1OC[C@H](O)[C@H]1O. The van der Waals surface area contributed by atoms with Gasteiger partial charge in [0.05, 0.1) is 13.2 Å². The second kappa shape index (κ2) is 17.5. The molecule has 6 nitrogen and oxygen atoms in total. The molecule has 0 aromatic heterocycles. The van der Waals surface area contributed by atoms with Gasteiger partial charge in [0.25, 0.3) is 0 Å². The first-order chi connectivity index (χ1) is 14.6. The first-order valence-electron chi connectivity index (χ1n) is 11.7. The van der Waals surface area contributed by atoms with Crippen LogP contribution in [0, 0.1) is 0 Å². The van der Waals surface area contributed by atoms with Crippen LogP contribution in [0.3, 0.4) is 0 Å². The molecule has 0 amide bonds. The summed E-state index contributed by atoms with van der Waals surface area (Å²) in [7, 11) is 0. The number of allylic oxidation sites excluding steroid dienone is 4. The van der Waals surface area contributed by atoms with Crippen molar-refractivity contribution in [1.29, 1.82) is 0 Å². The maximum Gasteiger partial charge on any atom is 0.306 e. The summed E-state index contributed by atoms with van der Waals surface area (Å²) in [6.07, 6.45) is 17.6. The van der Waals surface area contributed by atoms with Gasteiger partial charge in [0.15, 0.2) is 6.10 Å². The third kappa shape index (κ3) is 11.8. The Kier molecular flexibility index (Phi) is 15.6. The van der Waals surface area contributed by atoms with Crippen molar-refractivity contribution in [2.24, 2.45) is 0 Å². The lowest BCUT2D eigenvalue weighted by Crippen LogP contribution is -2.43. The normalized spacial score (nSPS) is 22.9. The van der Waals surface area contributed by atoms with Crippen molar-refractivity contribution in [2.45, 2.75) is 108 Å². The number of aliphatic hydroxyl groups is 3. The van der Waals surface area contributed by atoms with E-state index in [4.69, 9.17) is 9.47 Å². The van der Waals surface area contributed by atoms with Crippen molar-refractivity contribution in [3.8, 4) is 0 Å². The van der Waals surface area contributed by atoms with Gasteiger partial charge in [-0.3, -0.25) is 4.79 Å². The average molecular weight is 427 g/mol. The summed E-state index contributed by atoms with van der Waals surface area (Å²) in [5.41, 5.74) is 0. The molecule has 174 valence electrons. The van der Waals surface area contributed by atoms with Crippen LogP contribution in [-0.2, 0) is 14.3 Å². The number of rotatable bonds is 17. The molecular formula is C24H42O6. The molecule has 4 atom stereocenters. The number of unbranched alkanes of at least 4 members (excludes halogenated alkanes) is 8. The molecule has 0 radical (unpaired) electrons. The number of esters is 1. The van der Waals surface area contributed by atoms with Gasteiger partial charge < -0.3 is 24.8 Å². The summed E-state index contributed by atoms with van der Waals surface area (Å²) < 4.78 is 10.4. The number of aliphatic hydroxyl groups excluding tert-OH is 3. The fourth-order valence-corrected chi connectivity index (χ4v) is 3.47. The molecule has 0 saturated carbocycles. The predicted octanol–water partition coefficient (Wildman–Crippen LogP) is 3.82. The van der Waals surface area contributed by atoms with Gasteiger partial charge in [-0.2, -0.15) is 0 Å². The van der Waals surface area contributed by atoms with Crippen LogP contribution in [0.25, 0.3) is 0 Å². The quantitative estimate of drug-likeness (QED) is 0.186. The van der Waals surface area contributed by atoms with Gasteiger partial charge in [0.2, 0.25) is 0 Å². The third-order valence-electron chi connectivity index (χ3n) is 5.35. The topological polar surface area (TPSA) is 96.2 Å². The van der Waals surface area contributed by atoms with Gasteiger partial charge in [0, 0.05) is 6.42 Å². The Balaban J connectivity index is 1.98. The number of hydrogen-bond acceptors (Lipinski definition) is 6. The van der Waals surface area contributed by atoms with Crippen molar-refractivity contribution >= 4 is 5.97 Å². The van der Waals surface area contributed by atoms with Crippen LogP contribution in [-0.4, -0.2) is 58.9 Å². The molecule has 30 heavy (non-hydrogen) atoms. The van der Waals surface area contributed by atoms with Crippen molar-refractivity contribution in [2.75, 3.05) is 13.2 Å². The Labute approximate surface area is 182 Å². The average Bonchev–Trinajstić information content (AvgIpc) is 3.07. The maximum absolute atomic E-state index is 11.9. The highest BCUT2D eigenvalue weighted by Gasteiger charge is 2.41. The monoisotopic (exact) mass is 426 g/mol. The minimum Gasteiger partial charge on any atom is -0.457 e. The van der Waals surface area contributed by atoms with E-state index in [1.54, 1.807) is 0 Å². The van der Waals surface area contributed by atoms with E-state index in [1.165, 1.54) is 25.7 Å². The molecule has 0 spiro atoms. The molecule has 1 rings (SSSR count). The number of carbonyl (C=O) groups is 1. The number of carbonyl (C=O) groups excluding carboxylic acids is 1. The van der Waals surface area contributed by atoms with E-state index < -0.39 is 37.0 Å². The summed E-state index contributed by atoms with van der Waals surface area (Å²) in [5.74, 6) is -0.406. The lowest BCUT2D eigenvalue weighted by molar-refractivity contribution is -0.162. The Morgan fingerprint density at radius 2 is 1.63 bits per heavy atom. The minimum absolute atomic E-state index is 0.0230. The van der Waals surface area contributed by atoms with E-state index in [2.05, 4.69) is 31.2 Å². The van der Waals surface area contributed by atoms with Gasteiger partial charge >= 0.3 is 5.97 Å². The summed E-state index contributed by atoms with van der Waals surface area (Å²) in [6, 6.07) is 0. The Morgan fingerprint density at radius 3 is 2.23 bits per heavy atom. The molecule has 1 heterocycles. The zero-order valence-corrected chi connectivity index (χ0v) is 18.6. The van der Waals surface area contributed by atoms with Crippen molar-refractivity contribution in [1.82, 2.24) is 0 Å². The molecule has 1 saturated heterocycles. The molecular weight excluding hydrogens is 384 g/mol. The van der Waals surface area contributed by atoms with Gasteiger partial charge in [-0.1, -0.05) is 63.3 Å². The minimum atomic E-state index is -1.15. The number of hydrogen-bond donors (Lipinski definition) is 3. The third-order valence-corrected chi connectivity index (χ3v) is 5.35. The van der Waals surface area contributed by atoms with Crippen LogP contribution in [0.15, 0.2) is 24.3 Å². The highest BCUT2D eigenvalue weighted by atomic mass is 16.6. The van der Waals surface area contributed by atoms with Gasteiger partial charge in [-0.05, 0) is 38.5 Å². The molecule has 0 aromatic rings. The largest absolute Gasteiger partial charge is 0.457 e. The molecule has 1 aliphatic heterocycles. The molecule has 3 N–H and O–H groups in total. The predicted molar refractivity (Wildman–Crippen MR) is 118 cm³/mol. The zero-order valence-electron chi connectivity index (χ0n) is 18.6. The van der Waals surface area contributed by atoms with E-state index >= 15 is 0 Å². The van der Waals surface area contributed by atoms with E-state index in [-0.39, 0.29) is 13.0 Å². The Bertz CT molecular complexity index is 490. The highest BCUT2D eigenvalue weighted by Crippen LogP contribution is 2.20. The summed E-state index contributed by atoms with van der Waals surface area (Å²) in [5, 5.41) is 28.7. The van der Waals surface area contributed by atoms with E-state index in [9.17, 15) is 20.1 Å². The standard InChI is InChI=1S/C24H42O6/c1-2-3-4-5-6-7-8-9-10-11-12-13-14-15-16-17-22(27)30-21(18-25)24-23(28)20(26)19-29-24/h6-7,9-10,20-21,23-26,28H,2-5,8,11-19H2,1H3/b7-6-,10-9-/t20-,21+,23+,24?/m0/s1. The van der Waals surface area contributed by atoms with Crippen molar-refractivity contribution < 1.29 is 29.6 Å². The van der Waals surface area contributed by atoms with Crippen LogP contribution in [0.2, 0.25) is 0 Å². The zero-order chi connectivity index (χ0) is 22.0. The molecule has 0 bridgehead atoms. The molecule has 1 aliphatic rings. The summed E-state index contributed by atoms with van der Waals surface area (Å²) in [6.45, 7) is 1.76. The fraction of sp³-hybridized carbons (Fsp3) is 0.792. The van der Waals surface area contributed by atoms with Gasteiger partial charge in [-0.15, -0.1) is 0 Å². The van der Waals surface area contributed by atoms with Crippen LogP contribution in [0.5, 0.6) is 0 Å². The fourth-order valence-electron chi connectivity index (χ4n) is 3.47. The highest BCUT2D eigenvalue weighted by molar-refractivity contribution is 5.69. The van der Waals surface area contributed by atoms with Crippen LogP contribution >= 0.6 is 0 Å². The molecule has 1 unspecified atom stereocenters.